The molecule has 0 radical (unpaired) electrons. The first-order valence-electron chi connectivity index (χ1n) is 6.63. The van der Waals surface area contributed by atoms with Crippen LogP contribution in [0.1, 0.15) is 12.8 Å². The van der Waals surface area contributed by atoms with Crippen molar-refractivity contribution in [1.82, 2.24) is 0 Å². The Labute approximate surface area is 117 Å². The van der Waals surface area contributed by atoms with Crippen LogP contribution in [0, 0.1) is 11.3 Å². The zero-order valence-corrected chi connectivity index (χ0v) is 11.1. The van der Waals surface area contributed by atoms with E-state index in [0.717, 1.165) is 18.5 Å². The standard InChI is InChI=1S/C14H17N5O/c15-13(16)18-12(20)14(10-6-7-10)8-17-19(9-14)11-4-2-1-3-5-11/h1-5,8,10H,6-7,9H2,(H4,15,16,18,20). The first-order chi connectivity index (χ1) is 9.62. The lowest BCUT2D eigenvalue weighted by atomic mass is 9.83. The number of hydrazone groups is 1. The van der Waals surface area contributed by atoms with Gasteiger partial charge >= 0.3 is 0 Å². The minimum absolute atomic E-state index is 0.193. The Morgan fingerprint density at radius 1 is 1.30 bits per heavy atom. The molecule has 6 heteroatoms. The second kappa shape index (κ2) is 4.63. The second-order valence-electron chi connectivity index (χ2n) is 5.29. The highest BCUT2D eigenvalue weighted by atomic mass is 16.2. The van der Waals surface area contributed by atoms with Gasteiger partial charge in [-0.05, 0) is 30.9 Å². The van der Waals surface area contributed by atoms with Gasteiger partial charge in [-0.2, -0.15) is 10.1 Å². The van der Waals surface area contributed by atoms with Gasteiger partial charge in [0.05, 0.1) is 12.2 Å². The number of hydrogen-bond donors (Lipinski definition) is 2. The van der Waals surface area contributed by atoms with Crippen LogP contribution in [0.15, 0.2) is 40.4 Å². The number of hydrogen-bond acceptors (Lipinski definition) is 3. The smallest absolute Gasteiger partial charge is 0.262 e. The lowest BCUT2D eigenvalue weighted by Gasteiger charge is -2.24. The Balaban J connectivity index is 1.87. The van der Waals surface area contributed by atoms with E-state index in [-0.39, 0.29) is 17.8 Å². The van der Waals surface area contributed by atoms with Gasteiger partial charge in [-0.25, -0.2) is 0 Å². The minimum Gasteiger partial charge on any atom is -0.370 e. The normalized spacial score (nSPS) is 24.7. The molecule has 1 aliphatic heterocycles. The molecule has 20 heavy (non-hydrogen) atoms. The van der Waals surface area contributed by atoms with E-state index >= 15 is 0 Å². The molecule has 4 N–H and O–H groups in total. The number of carbonyl (C=O) groups is 1. The number of rotatable bonds is 3. The van der Waals surface area contributed by atoms with E-state index in [2.05, 4.69) is 10.1 Å². The van der Waals surface area contributed by atoms with E-state index in [4.69, 9.17) is 11.5 Å². The third kappa shape index (κ3) is 2.13. The fraction of sp³-hybridized carbons (Fsp3) is 0.357. The maximum atomic E-state index is 12.4. The minimum atomic E-state index is -0.681. The van der Waals surface area contributed by atoms with Crippen molar-refractivity contribution in [3.63, 3.8) is 0 Å². The quantitative estimate of drug-likeness (QED) is 0.624. The summed E-state index contributed by atoms with van der Waals surface area (Å²) in [7, 11) is 0. The van der Waals surface area contributed by atoms with Gasteiger partial charge in [0.2, 0.25) is 0 Å². The fourth-order valence-corrected chi connectivity index (χ4v) is 2.61. The van der Waals surface area contributed by atoms with E-state index in [1.54, 1.807) is 6.21 Å². The van der Waals surface area contributed by atoms with Crippen LogP contribution in [0.4, 0.5) is 5.69 Å². The molecule has 2 aliphatic rings. The number of benzene rings is 1. The van der Waals surface area contributed by atoms with Gasteiger partial charge in [-0.15, -0.1) is 0 Å². The number of para-hydroxylation sites is 1. The van der Waals surface area contributed by atoms with Crippen LogP contribution in [0.25, 0.3) is 0 Å². The third-order valence-corrected chi connectivity index (χ3v) is 3.83. The molecule has 6 nitrogen and oxygen atoms in total. The molecule has 0 bridgehead atoms. The van der Waals surface area contributed by atoms with Gasteiger partial charge in [0.25, 0.3) is 5.91 Å². The van der Waals surface area contributed by atoms with Crippen LogP contribution >= 0.6 is 0 Å². The van der Waals surface area contributed by atoms with Crippen LogP contribution in [0.5, 0.6) is 0 Å². The molecule has 1 aromatic rings. The van der Waals surface area contributed by atoms with Crippen molar-refractivity contribution in [2.24, 2.45) is 32.9 Å². The highest BCUT2D eigenvalue weighted by Crippen LogP contribution is 2.48. The summed E-state index contributed by atoms with van der Waals surface area (Å²) in [5, 5.41) is 6.22. The van der Waals surface area contributed by atoms with Crippen molar-refractivity contribution in [3.05, 3.63) is 30.3 Å². The van der Waals surface area contributed by atoms with Crippen molar-refractivity contribution in [2.75, 3.05) is 11.6 Å². The lowest BCUT2D eigenvalue weighted by molar-refractivity contribution is -0.124. The van der Waals surface area contributed by atoms with Crippen LogP contribution in [-0.4, -0.2) is 24.6 Å². The first-order valence-corrected chi connectivity index (χ1v) is 6.63. The zero-order valence-electron chi connectivity index (χ0n) is 11.1. The van der Waals surface area contributed by atoms with E-state index in [0.29, 0.717) is 6.54 Å². The largest absolute Gasteiger partial charge is 0.370 e. The molecule has 1 heterocycles. The van der Waals surface area contributed by atoms with Crippen LogP contribution < -0.4 is 16.5 Å². The van der Waals surface area contributed by atoms with E-state index < -0.39 is 5.41 Å². The summed E-state index contributed by atoms with van der Waals surface area (Å²) in [5.74, 6) is -0.195. The number of amides is 1. The van der Waals surface area contributed by atoms with E-state index in [9.17, 15) is 4.79 Å². The maximum Gasteiger partial charge on any atom is 0.262 e. The average molecular weight is 271 g/mol. The molecule has 1 saturated carbocycles. The van der Waals surface area contributed by atoms with Gasteiger partial charge in [0, 0.05) is 6.21 Å². The number of nitrogens with zero attached hydrogens (tertiary/aromatic N) is 3. The summed E-state index contributed by atoms with van der Waals surface area (Å²) in [5.41, 5.74) is 11.0. The van der Waals surface area contributed by atoms with Crippen molar-refractivity contribution in [2.45, 2.75) is 12.8 Å². The molecule has 1 amide bonds. The zero-order chi connectivity index (χ0) is 14.2. The first kappa shape index (κ1) is 12.7. The lowest BCUT2D eigenvalue weighted by Crippen LogP contribution is -2.40. The Kier molecular flexibility index (Phi) is 2.93. The number of carbonyl (C=O) groups excluding carboxylic acids is 1. The number of guanidine groups is 1. The molecular weight excluding hydrogens is 254 g/mol. The van der Waals surface area contributed by atoms with Gasteiger partial charge in [-0.1, -0.05) is 18.2 Å². The maximum absolute atomic E-state index is 12.4. The van der Waals surface area contributed by atoms with E-state index in [1.807, 2.05) is 35.3 Å². The van der Waals surface area contributed by atoms with Gasteiger partial charge in [0.15, 0.2) is 5.96 Å². The average Bonchev–Trinajstić information content (AvgIpc) is 3.19. The molecule has 1 aliphatic carbocycles. The number of anilines is 1. The molecular formula is C14H17N5O. The summed E-state index contributed by atoms with van der Waals surface area (Å²) in [6.45, 7) is 0.497. The number of nitrogens with two attached hydrogens (primary N) is 2. The van der Waals surface area contributed by atoms with Crippen molar-refractivity contribution >= 4 is 23.8 Å². The third-order valence-electron chi connectivity index (χ3n) is 3.83. The molecule has 0 saturated heterocycles. The Bertz CT molecular complexity index is 574. The predicted molar refractivity (Wildman–Crippen MR) is 78.3 cm³/mol. The molecule has 0 spiro atoms. The van der Waals surface area contributed by atoms with Gasteiger partial charge in [-0.3, -0.25) is 9.80 Å². The molecule has 1 atom stereocenters. The SMILES string of the molecule is NC(N)=NC(=O)C1(C2CC2)C=NN(c2ccccc2)C1. The summed E-state index contributed by atoms with van der Waals surface area (Å²) in [6, 6.07) is 9.76. The van der Waals surface area contributed by atoms with Crippen LogP contribution in [-0.2, 0) is 4.79 Å². The van der Waals surface area contributed by atoms with Gasteiger partial charge in [0.1, 0.15) is 5.41 Å². The highest BCUT2D eigenvalue weighted by Gasteiger charge is 2.53. The Morgan fingerprint density at radius 3 is 2.60 bits per heavy atom. The second-order valence-corrected chi connectivity index (χ2v) is 5.29. The molecule has 104 valence electrons. The predicted octanol–water partition coefficient (Wildman–Crippen LogP) is 0.689. The topological polar surface area (TPSA) is 97.1 Å². The number of aliphatic imine (C=N–C) groups is 1. The summed E-state index contributed by atoms with van der Waals surface area (Å²) < 4.78 is 0. The van der Waals surface area contributed by atoms with E-state index in [1.165, 1.54) is 0 Å². The molecule has 1 aromatic carbocycles. The highest BCUT2D eigenvalue weighted by molar-refractivity contribution is 6.06. The monoisotopic (exact) mass is 271 g/mol. The van der Waals surface area contributed by atoms with Crippen molar-refractivity contribution in [1.29, 1.82) is 0 Å². The fourth-order valence-electron chi connectivity index (χ4n) is 2.61. The molecule has 1 unspecified atom stereocenters. The molecule has 0 aromatic heterocycles. The van der Waals surface area contributed by atoms with Crippen molar-refractivity contribution < 1.29 is 4.79 Å². The Hall–Kier alpha value is -2.37. The summed E-state index contributed by atoms with van der Waals surface area (Å²) >= 11 is 0. The molecule has 1 fully saturated rings. The van der Waals surface area contributed by atoms with Crippen LogP contribution in [0.2, 0.25) is 0 Å². The van der Waals surface area contributed by atoms with Crippen molar-refractivity contribution in [3.8, 4) is 0 Å². The van der Waals surface area contributed by atoms with Gasteiger partial charge < -0.3 is 11.5 Å². The van der Waals surface area contributed by atoms with Crippen LogP contribution in [0.3, 0.4) is 0 Å². The molecule has 3 rings (SSSR count). The Morgan fingerprint density at radius 2 is 2.00 bits per heavy atom. The summed E-state index contributed by atoms with van der Waals surface area (Å²) in [6.07, 6.45) is 3.74. The summed E-state index contributed by atoms with van der Waals surface area (Å²) in [4.78, 5) is 16.1.